The standard InChI is InChI=1S/C25H34N4O2/c1-5-21(25(30)31)17-27-19(3)29-14-11-20(12-15-29)16-26-13-10-22-18(2)28(4)24-9-7-6-8-23(22)24/h5-9,17,20,26H,3,10-16H2,1-2,4H3,(H,30,31)/b21-5+,27-17-. The number of fused-ring (bicyclic) bond motifs is 1. The number of benzene rings is 1. The van der Waals surface area contributed by atoms with Crippen molar-refractivity contribution in [2.75, 3.05) is 26.2 Å². The van der Waals surface area contributed by atoms with E-state index in [-0.39, 0.29) is 5.57 Å². The van der Waals surface area contributed by atoms with Crippen molar-refractivity contribution >= 4 is 23.1 Å². The fourth-order valence-corrected chi connectivity index (χ4v) is 4.31. The Kier molecular flexibility index (Phi) is 7.69. The van der Waals surface area contributed by atoms with Gasteiger partial charge in [0.25, 0.3) is 0 Å². The molecule has 166 valence electrons. The maximum absolute atomic E-state index is 11.1. The van der Waals surface area contributed by atoms with Crippen LogP contribution in [0.15, 0.2) is 53.3 Å². The van der Waals surface area contributed by atoms with Crippen LogP contribution < -0.4 is 5.32 Å². The number of aliphatic carboxylic acids is 1. The molecule has 2 N–H and O–H groups in total. The molecule has 0 spiro atoms. The zero-order valence-electron chi connectivity index (χ0n) is 18.9. The Hall–Kier alpha value is -2.86. The molecule has 1 saturated heterocycles. The molecule has 0 unspecified atom stereocenters. The lowest BCUT2D eigenvalue weighted by atomic mass is 9.96. The number of piperidine rings is 1. The Morgan fingerprint density at radius 3 is 2.71 bits per heavy atom. The predicted octanol–water partition coefficient (Wildman–Crippen LogP) is 3.90. The number of aromatic nitrogens is 1. The van der Waals surface area contributed by atoms with Gasteiger partial charge in [0.15, 0.2) is 0 Å². The summed E-state index contributed by atoms with van der Waals surface area (Å²) in [5.74, 6) is 0.313. The third kappa shape index (κ3) is 5.44. The second-order valence-corrected chi connectivity index (χ2v) is 8.25. The van der Waals surface area contributed by atoms with E-state index in [4.69, 9.17) is 5.11 Å². The van der Waals surface area contributed by atoms with Crippen LogP contribution in [0.25, 0.3) is 10.9 Å². The highest BCUT2D eigenvalue weighted by Gasteiger charge is 2.20. The number of allylic oxidation sites excluding steroid dienone is 1. The molecule has 0 atom stereocenters. The number of hydrogen-bond donors (Lipinski definition) is 2. The van der Waals surface area contributed by atoms with Crippen molar-refractivity contribution in [3.63, 3.8) is 0 Å². The molecule has 31 heavy (non-hydrogen) atoms. The molecule has 0 bridgehead atoms. The molecule has 3 rings (SSSR count). The number of likely N-dealkylation sites (tertiary alicyclic amines) is 1. The van der Waals surface area contributed by atoms with E-state index < -0.39 is 5.97 Å². The highest BCUT2D eigenvalue weighted by molar-refractivity contribution is 6.08. The van der Waals surface area contributed by atoms with Gasteiger partial charge < -0.3 is 19.9 Å². The minimum atomic E-state index is -0.970. The molecule has 0 radical (unpaired) electrons. The van der Waals surface area contributed by atoms with Gasteiger partial charge in [0.2, 0.25) is 0 Å². The van der Waals surface area contributed by atoms with Crippen molar-refractivity contribution < 1.29 is 9.90 Å². The Morgan fingerprint density at radius 2 is 2.03 bits per heavy atom. The summed E-state index contributed by atoms with van der Waals surface area (Å²) in [6.45, 7) is 11.7. The molecule has 1 aromatic carbocycles. The quantitative estimate of drug-likeness (QED) is 0.365. The highest BCUT2D eigenvalue weighted by atomic mass is 16.4. The summed E-state index contributed by atoms with van der Waals surface area (Å²) in [6, 6.07) is 8.62. The van der Waals surface area contributed by atoms with Crippen molar-refractivity contribution in [2.45, 2.75) is 33.1 Å². The van der Waals surface area contributed by atoms with Crippen LogP contribution in [0, 0.1) is 12.8 Å². The first kappa shape index (κ1) is 22.8. The van der Waals surface area contributed by atoms with Crippen molar-refractivity contribution in [1.82, 2.24) is 14.8 Å². The molecular formula is C25H34N4O2. The Balaban J connectivity index is 1.42. The molecule has 1 fully saturated rings. The van der Waals surface area contributed by atoms with Crippen LogP contribution in [-0.2, 0) is 18.3 Å². The van der Waals surface area contributed by atoms with Gasteiger partial charge in [-0.25, -0.2) is 9.79 Å². The molecule has 6 heteroatoms. The molecule has 0 amide bonds. The van der Waals surface area contributed by atoms with Crippen LogP contribution in [0.4, 0.5) is 0 Å². The number of nitrogens with zero attached hydrogens (tertiary/aromatic N) is 3. The molecule has 0 aliphatic carbocycles. The number of carboxylic acid groups (broad SMARTS) is 1. The van der Waals surface area contributed by atoms with Gasteiger partial charge in [-0.3, -0.25) is 0 Å². The average Bonchev–Trinajstić information content (AvgIpc) is 3.02. The van der Waals surface area contributed by atoms with E-state index in [1.54, 1.807) is 6.92 Å². The van der Waals surface area contributed by atoms with Gasteiger partial charge in [-0.15, -0.1) is 0 Å². The predicted molar refractivity (Wildman–Crippen MR) is 128 cm³/mol. The number of carbonyl (C=O) groups is 1. The summed E-state index contributed by atoms with van der Waals surface area (Å²) >= 11 is 0. The van der Waals surface area contributed by atoms with Gasteiger partial charge in [-0.1, -0.05) is 30.9 Å². The molecule has 6 nitrogen and oxygen atoms in total. The molecule has 0 saturated carbocycles. The van der Waals surface area contributed by atoms with Crippen molar-refractivity contribution in [3.05, 3.63) is 59.6 Å². The summed E-state index contributed by atoms with van der Waals surface area (Å²) in [7, 11) is 2.14. The Morgan fingerprint density at radius 1 is 1.32 bits per heavy atom. The molecule has 1 aliphatic rings. The Labute approximate surface area is 185 Å². The first-order valence-corrected chi connectivity index (χ1v) is 11.0. The minimum absolute atomic E-state index is 0.182. The third-order valence-corrected chi connectivity index (χ3v) is 6.41. The van der Waals surface area contributed by atoms with Gasteiger partial charge in [0.1, 0.15) is 5.82 Å². The number of hydrogen-bond acceptors (Lipinski definition) is 4. The topological polar surface area (TPSA) is 69.9 Å². The number of carboxylic acids is 1. The minimum Gasteiger partial charge on any atom is -0.478 e. The summed E-state index contributed by atoms with van der Waals surface area (Å²) in [6.07, 6.45) is 6.13. The SMILES string of the molecule is C=C(/N=C\C(=C/C)C(=O)O)N1CCC(CNCCc2c(C)n(C)c3ccccc23)CC1. The normalized spacial score (nSPS) is 15.8. The number of aliphatic imine (C=N–C) groups is 1. The zero-order chi connectivity index (χ0) is 22.4. The van der Waals surface area contributed by atoms with Gasteiger partial charge in [-0.2, -0.15) is 0 Å². The monoisotopic (exact) mass is 422 g/mol. The molecular weight excluding hydrogens is 388 g/mol. The summed E-state index contributed by atoms with van der Waals surface area (Å²) in [4.78, 5) is 17.4. The van der Waals surface area contributed by atoms with Crippen LogP contribution in [0.3, 0.4) is 0 Å². The van der Waals surface area contributed by atoms with Gasteiger partial charge in [0, 0.05) is 42.9 Å². The van der Waals surface area contributed by atoms with Gasteiger partial charge in [0.05, 0.1) is 5.57 Å². The smallest absolute Gasteiger partial charge is 0.336 e. The second kappa shape index (κ2) is 10.4. The first-order chi connectivity index (χ1) is 14.9. The fraction of sp³-hybridized carbons (Fsp3) is 0.440. The maximum atomic E-state index is 11.1. The first-order valence-electron chi connectivity index (χ1n) is 11.0. The molecule has 1 aromatic heterocycles. The van der Waals surface area contributed by atoms with Crippen molar-refractivity contribution in [1.29, 1.82) is 0 Å². The van der Waals surface area contributed by atoms with E-state index in [1.807, 2.05) is 0 Å². The average molecular weight is 423 g/mol. The fourth-order valence-electron chi connectivity index (χ4n) is 4.31. The lowest BCUT2D eigenvalue weighted by Crippen LogP contribution is -2.36. The van der Waals surface area contributed by atoms with Crippen LogP contribution in [0.2, 0.25) is 0 Å². The highest BCUT2D eigenvalue weighted by Crippen LogP contribution is 2.25. The summed E-state index contributed by atoms with van der Waals surface area (Å²) < 4.78 is 2.28. The Bertz CT molecular complexity index is 994. The van der Waals surface area contributed by atoms with E-state index >= 15 is 0 Å². The van der Waals surface area contributed by atoms with E-state index in [0.717, 1.165) is 45.4 Å². The van der Waals surface area contributed by atoms with Crippen molar-refractivity contribution in [2.24, 2.45) is 18.0 Å². The number of nitrogens with one attached hydrogen (secondary N) is 1. The number of para-hydroxylation sites is 1. The van der Waals surface area contributed by atoms with Crippen LogP contribution in [-0.4, -0.2) is 52.9 Å². The number of rotatable bonds is 9. The van der Waals surface area contributed by atoms with Gasteiger partial charge in [-0.05, 0) is 63.7 Å². The lowest BCUT2D eigenvalue weighted by molar-refractivity contribution is -0.132. The number of aryl methyl sites for hydroxylation is 1. The molecule has 2 heterocycles. The van der Waals surface area contributed by atoms with E-state index in [9.17, 15) is 4.79 Å². The molecule has 1 aliphatic heterocycles. The van der Waals surface area contributed by atoms with E-state index in [0.29, 0.717) is 11.7 Å². The van der Waals surface area contributed by atoms with E-state index in [2.05, 4.69) is 64.6 Å². The maximum Gasteiger partial charge on any atom is 0.336 e. The molecule has 2 aromatic rings. The summed E-state index contributed by atoms with van der Waals surface area (Å²) in [5, 5.41) is 14.1. The van der Waals surface area contributed by atoms with Crippen molar-refractivity contribution in [3.8, 4) is 0 Å². The summed E-state index contributed by atoms with van der Waals surface area (Å²) in [5.41, 5.74) is 4.27. The van der Waals surface area contributed by atoms with Crippen LogP contribution in [0.5, 0.6) is 0 Å². The third-order valence-electron chi connectivity index (χ3n) is 6.41. The van der Waals surface area contributed by atoms with Crippen LogP contribution in [0.1, 0.15) is 31.0 Å². The lowest BCUT2D eigenvalue weighted by Gasteiger charge is -2.33. The van der Waals surface area contributed by atoms with Gasteiger partial charge >= 0.3 is 5.97 Å². The van der Waals surface area contributed by atoms with Crippen LogP contribution >= 0.6 is 0 Å². The second-order valence-electron chi connectivity index (χ2n) is 8.25. The van der Waals surface area contributed by atoms with E-state index in [1.165, 1.54) is 34.5 Å². The zero-order valence-corrected chi connectivity index (χ0v) is 18.9. The largest absolute Gasteiger partial charge is 0.478 e.